The molecule has 1 aromatic carbocycles. The summed E-state index contributed by atoms with van der Waals surface area (Å²) in [6.07, 6.45) is 0. The highest BCUT2D eigenvalue weighted by Gasteiger charge is 2.12. The number of benzene rings is 1. The Labute approximate surface area is 95.9 Å². The molecule has 3 nitrogen and oxygen atoms in total. The van der Waals surface area contributed by atoms with Crippen LogP contribution in [0.5, 0.6) is 0 Å². The van der Waals surface area contributed by atoms with Crippen molar-refractivity contribution in [2.24, 2.45) is 12.8 Å². The Morgan fingerprint density at radius 2 is 2.06 bits per heavy atom. The van der Waals surface area contributed by atoms with Gasteiger partial charge in [0.15, 0.2) is 0 Å². The van der Waals surface area contributed by atoms with Gasteiger partial charge in [-0.2, -0.15) is 0 Å². The predicted molar refractivity (Wildman–Crippen MR) is 66.0 cm³/mol. The Morgan fingerprint density at radius 3 is 2.69 bits per heavy atom. The molecule has 0 radical (unpaired) electrons. The molecule has 84 valence electrons. The van der Waals surface area contributed by atoms with E-state index in [1.165, 1.54) is 5.56 Å². The second kappa shape index (κ2) is 4.10. The first-order chi connectivity index (χ1) is 7.63. The third kappa shape index (κ3) is 1.74. The van der Waals surface area contributed by atoms with E-state index in [-0.39, 0.29) is 0 Å². The predicted octanol–water partition coefficient (Wildman–Crippen LogP) is 2.16. The molecule has 16 heavy (non-hydrogen) atoms. The molecule has 0 atom stereocenters. The van der Waals surface area contributed by atoms with Crippen LogP contribution in [0, 0.1) is 13.8 Å². The lowest BCUT2D eigenvalue weighted by Crippen LogP contribution is -2.05. The van der Waals surface area contributed by atoms with E-state index in [4.69, 9.17) is 5.73 Å². The topological polar surface area (TPSA) is 43.8 Å². The van der Waals surface area contributed by atoms with Gasteiger partial charge in [0.1, 0.15) is 5.82 Å². The van der Waals surface area contributed by atoms with Crippen molar-refractivity contribution in [2.45, 2.75) is 20.4 Å². The summed E-state index contributed by atoms with van der Waals surface area (Å²) in [5, 5.41) is 0. The second-order valence-corrected chi connectivity index (χ2v) is 4.09. The Kier molecular flexibility index (Phi) is 2.79. The Bertz CT molecular complexity index is 512. The highest BCUT2D eigenvalue weighted by molar-refractivity contribution is 5.63. The van der Waals surface area contributed by atoms with Crippen LogP contribution in [0.25, 0.3) is 11.3 Å². The highest BCUT2D eigenvalue weighted by Crippen LogP contribution is 2.23. The van der Waals surface area contributed by atoms with Gasteiger partial charge in [0, 0.05) is 19.2 Å². The summed E-state index contributed by atoms with van der Waals surface area (Å²) in [7, 11) is 2.00. The summed E-state index contributed by atoms with van der Waals surface area (Å²) in [5.74, 6) is 0.997. The van der Waals surface area contributed by atoms with Crippen LogP contribution in [0.3, 0.4) is 0 Å². The molecule has 2 rings (SSSR count). The molecule has 0 bridgehead atoms. The molecule has 2 N–H and O–H groups in total. The molecule has 0 aliphatic rings. The molecular formula is C13H17N3. The zero-order valence-electron chi connectivity index (χ0n) is 9.99. The van der Waals surface area contributed by atoms with E-state index in [1.54, 1.807) is 0 Å². The summed E-state index contributed by atoms with van der Waals surface area (Å²) in [6, 6.07) is 8.35. The van der Waals surface area contributed by atoms with E-state index in [1.807, 2.05) is 14.0 Å². The molecule has 0 aliphatic heterocycles. The van der Waals surface area contributed by atoms with Crippen LogP contribution in [0.15, 0.2) is 24.3 Å². The fraction of sp³-hybridized carbons (Fsp3) is 0.308. The fourth-order valence-electron chi connectivity index (χ4n) is 1.91. The standard InChI is InChI=1S/C13H17N3/c1-9-5-4-6-11(7-9)13-12(8-14)16(3)10(2)15-13/h4-7H,8,14H2,1-3H3. The van der Waals surface area contributed by atoms with Gasteiger partial charge in [0.25, 0.3) is 0 Å². The van der Waals surface area contributed by atoms with E-state index in [9.17, 15) is 0 Å². The maximum absolute atomic E-state index is 5.78. The van der Waals surface area contributed by atoms with Crippen LogP contribution in [-0.2, 0) is 13.6 Å². The smallest absolute Gasteiger partial charge is 0.106 e. The van der Waals surface area contributed by atoms with Gasteiger partial charge in [-0.05, 0) is 19.9 Å². The Morgan fingerprint density at radius 1 is 1.31 bits per heavy atom. The minimum atomic E-state index is 0.514. The molecule has 0 amide bonds. The van der Waals surface area contributed by atoms with Crippen molar-refractivity contribution in [3.8, 4) is 11.3 Å². The SMILES string of the molecule is Cc1cccc(-c2nc(C)n(C)c2CN)c1. The van der Waals surface area contributed by atoms with Gasteiger partial charge in [0.2, 0.25) is 0 Å². The quantitative estimate of drug-likeness (QED) is 0.834. The molecule has 0 unspecified atom stereocenters. The fourth-order valence-corrected chi connectivity index (χ4v) is 1.91. The number of nitrogens with zero attached hydrogens (tertiary/aromatic N) is 2. The van der Waals surface area contributed by atoms with Crippen molar-refractivity contribution < 1.29 is 0 Å². The Hall–Kier alpha value is -1.61. The molecule has 0 saturated heterocycles. The van der Waals surface area contributed by atoms with Gasteiger partial charge in [-0.15, -0.1) is 0 Å². The van der Waals surface area contributed by atoms with Crippen molar-refractivity contribution in [3.05, 3.63) is 41.3 Å². The molecule has 1 heterocycles. The van der Waals surface area contributed by atoms with Gasteiger partial charge in [-0.3, -0.25) is 0 Å². The number of aryl methyl sites for hydroxylation is 2. The first kappa shape index (κ1) is 10.9. The molecule has 1 aromatic heterocycles. The lowest BCUT2D eigenvalue weighted by atomic mass is 10.1. The largest absolute Gasteiger partial charge is 0.334 e. The van der Waals surface area contributed by atoms with E-state index in [2.05, 4.69) is 40.7 Å². The summed E-state index contributed by atoms with van der Waals surface area (Å²) in [6.45, 7) is 4.60. The number of nitrogens with two attached hydrogens (primary N) is 1. The van der Waals surface area contributed by atoms with Gasteiger partial charge in [0.05, 0.1) is 11.4 Å². The number of imidazole rings is 1. The van der Waals surface area contributed by atoms with E-state index in [0.29, 0.717) is 6.54 Å². The number of hydrogen-bond acceptors (Lipinski definition) is 2. The van der Waals surface area contributed by atoms with Crippen LogP contribution in [0.4, 0.5) is 0 Å². The van der Waals surface area contributed by atoms with Gasteiger partial charge < -0.3 is 10.3 Å². The lowest BCUT2D eigenvalue weighted by Gasteiger charge is -2.04. The van der Waals surface area contributed by atoms with Crippen molar-refractivity contribution in [1.82, 2.24) is 9.55 Å². The second-order valence-electron chi connectivity index (χ2n) is 4.09. The average Bonchev–Trinajstić information content (AvgIpc) is 2.55. The Balaban J connectivity index is 2.60. The monoisotopic (exact) mass is 215 g/mol. The van der Waals surface area contributed by atoms with Crippen LogP contribution < -0.4 is 5.73 Å². The third-order valence-electron chi connectivity index (χ3n) is 2.92. The molecule has 2 aromatic rings. The molecule has 0 saturated carbocycles. The van der Waals surface area contributed by atoms with E-state index in [0.717, 1.165) is 22.8 Å². The number of aromatic nitrogens is 2. The molecule has 0 fully saturated rings. The average molecular weight is 215 g/mol. The maximum atomic E-state index is 5.78. The van der Waals surface area contributed by atoms with E-state index < -0.39 is 0 Å². The van der Waals surface area contributed by atoms with Crippen molar-refractivity contribution in [3.63, 3.8) is 0 Å². The van der Waals surface area contributed by atoms with Crippen LogP contribution >= 0.6 is 0 Å². The maximum Gasteiger partial charge on any atom is 0.106 e. The summed E-state index contributed by atoms with van der Waals surface area (Å²) < 4.78 is 2.05. The molecule has 0 spiro atoms. The molecular weight excluding hydrogens is 198 g/mol. The zero-order valence-corrected chi connectivity index (χ0v) is 9.99. The first-order valence-electron chi connectivity index (χ1n) is 5.42. The number of hydrogen-bond donors (Lipinski definition) is 1. The van der Waals surface area contributed by atoms with Gasteiger partial charge >= 0.3 is 0 Å². The van der Waals surface area contributed by atoms with Crippen molar-refractivity contribution >= 4 is 0 Å². The summed E-state index contributed by atoms with van der Waals surface area (Å²) in [4.78, 5) is 4.58. The van der Waals surface area contributed by atoms with Crippen molar-refractivity contribution in [1.29, 1.82) is 0 Å². The van der Waals surface area contributed by atoms with Crippen LogP contribution in [-0.4, -0.2) is 9.55 Å². The lowest BCUT2D eigenvalue weighted by molar-refractivity contribution is 0.789. The molecule has 0 aliphatic carbocycles. The number of rotatable bonds is 2. The highest BCUT2D eigenvalue weighted by atomic mass is 15.1. The summed E-state index contributed by atoms with van der Waals surface area (Å²) >= 11 is 0. The van der Waals surface area contributed by atoms with E-state index >= 15 is 0 Å². The summed E-state index contributed by atoms with van der Waals surface area (Å²) in [5.41, 5.74) is 10.3. The first-order valence-corrected chi connectivity index (χ1v) is 5.42. The third-order valence-corrected chi connectivity index (χ3v) is 2.92. The molecule has 3 heteroatoms. The van der Waals surface area contributed by atoms with Gasteiger partial charge in [-0.25, -0.2) is 4.98 Å². The van der Waals surface area contributed by atoms with Crippen LogP contribution in [0.1, 0.15) is 17.1 Å². The van der Waals surface area contributed by atoms with Gasteiger partial charge in [-0.1, -0.05) is 23.8 Å². The minimum absolute atomic E-state index is 0.514. The minimum Gasteiger partial charge on any atom is -0.334 e. The van der Waals surface area contributed by atoms with Crippen LogP contribution in [0.2, 0.25) is 0 Å². The van der Waals surface area contributed by atoms with Crippen molar-refractivity contribution in [2.75, 3.05) is 0 Å². The normalized spacial score (nSPS) is 10.8. The zero-order chi connectivity index (χ0) is 11.7.